The monoisotopic (exact) mass is 231 g/mol. The summed E-state index contributed by atoms with van der Waals surface area (Å²) in [5.74, 6) is -1.12. The molecule has 0 aromatic carbocycles. The van der Waals surface area contributed by atoms with Crippen molar-refractivity contribution in [2.45, 2.75) is 6.54 Å². The van der Waals surface area contributed by atoms with Gasteiger partial charge in [-0.1, -0.05) is 6.07 Å². The standard InChI is InChI=1S/C11H9N3O3/c15-9-4-2-6-13-14(9)7-8-3-1-5-12-10(8)11(16)17/h1-6H,7H2,(H,16,17). The molecular formula is C11H9N3O3. The van der Waals surface area contributed by atoms with Gasteiger partial charge < -0.3 is 5.11 Å². The minimum Gasteiger partial charge on any atom is -0.477 e. The van der Waals surface area contributed by atoms with Gasteiger partial charge in [0.15, 0.2) is 5.69 Å². The zero-order valence-corrected chi connectivity index (χ0v) is 8.78. The van der Waals surface area contributed by atoms with Crippen LogP contribution in [0.2, 0.25) is 0 Å². The lowest BCUT2D eigenvalue weighted by molar-refractivity contribution is 0.0689. The van der Waals surface area contributed by atoms with Gasteiger partial charge in [0.1, 0.15) is 0 Å². The van der Waals surface area contributed by atoms with Gasteiger partial charge in [0.05, 0.1) is 6.54 Å². The second-order valence-electron chi connectivity index (χ2n) is 3.34. The maximum atomic E-state index is 11.4. The van der Waals surface area contributed by atoms with Gasteiger partial charge in [-0.2, -0.15) is 5.10 Å². The molecule has 0 saturated heterocycles. The summed E-state index contributed by atoms with van der Waals surface area (Å²) in [7, 11) is 0. The molecule has 2 aromatic heterocycles. The lowest BCUT2D eigenvalue weighted by Gasteiger charge is -2.05. The first-order valence-corrected chi connectivity index (χ1v) is 4.88. The molecule has 0 saturated carbocycles. The molecule has 86 valence electrons. The molecule has 0 spiro atoms. The Morgan fingerprint density at radius 3 is 2.76 bits per heavy atom. The summed E-state index contributed by atoms with van der Waals surface area (Å²) in [5, 5.41) is 12.8. The minimum absolute atomic E-state index is 0.0648. The molecule has 2 heterocycles. The van der Waals surface area contributed by atoms with Gasteiger partial charge in [-0.15, -0.1) is 0 Å². The first-order chi connectivity index (χ1) is 8.18. The van der Waals surface area contributed by atoms with Crippen LogP contribution in [0.4, 0.5) is 0 Å². The second-order valence-corrected chi connectivity index (χ2v) is 3.34. The quantitative estimate of drug-likeness (QED) is 0.825. The van der Waals surface area contributed by atoms with E-state index in [0.717, 1.165) is 0 Å². The van der Waals surface area contributed by atoms with E-state index in [-0.39, 0.29) is 17.8 Å². The number of carbonyl (C=O) groups is 1. The van der Waals surface area contributed by atoms with Gasteiger partial charge in [0.2, 0.25) is 0 Å². The molecule has 2 aromatic rings. The molecule has 0 amide bonds. The van der Waals surface area contributed by atoms with Crippen LogP contribution in [0.15, 0.2) is 41.5 Å². The van der Waals surface area contributed by atoms with E-state index in [2.05, 4.69) is 10.1 Å². The van der Waals surface area contributed by atoms with Crippen molar-refractivity contribution in [3.05, 3.63) is 58.3 Å². The van der Waals surface area contributed by atoms with Crippen LogP contribution in [0.3, 0.4) is 0 Å². The van der Waals surface area contributed by atoms with E-state index in [4.69, 9.17) is 5.11 Å². The highest BCUT2D eigenvalue weighted by Crippen LogP contribution is 2.05. The fourth-order valence-electron chi connectivity index (χ4n) is 1.43. The number of rotatable bonds is 3. The SMILES string of the molecule is O=C(O)c1ncccc1Cn1ncccc1=O. The second kappa shape index (κ2) is 4.56. The third-order valence-corrected chi connectivity index (χ3v) is 2.20. The number of aromatic nitrogens is 3. The summed E-state index contributed by atoms with van der Waals surface area (Å²) in [6.07, 6.45) is 2.87. The Hall–Kier alpha value is -2.50. The first-order valence-electron chi connectivity index (χ1n) is 4.88. The highest BCUT2D eigenvalue weighted by atomic mass is 16.4. The molecule has 0 aliphatic carbocycles. The molecule has 17 heavy (non-hydrogen) atoms. The van der Waals surface area contributed by atoms with E-state index in [1.807, 2.05) is 0 Å². The summed E-state index contributed by atoms with van der Waals surface area (Å²) in [6.45, 7) is 0.0924. The molecule has 6 heteroatoms. The number of nitrogens with zero attached hydrogens (tertiary/aromatic N) is 3. The molecule has 0 aliphatic rings. The Morgan fingerprint density at radius 1 is 1.29 bits per heavy atom. The van der Waals surface area contributed by atoms with Crippen molar-refractivity contribution < 1.29 is 9.90 Å². The van der Waals surface area contributed by atoms with Crippen LogP contribution < -0.4 is 5.56 Å². The van der Waals surface area contributed by atoms with E-state index in [1.54, 1.807) is 12.1 Å². The number of hydrogen-bond acceptors (Lipinski definition) is 4. The molecule has 2 rings (SSSR count). The summed E-state index contributed by atoms with van der Waals surface area (Å²) >= 11 is 0. The molecule has 0 radical (unpaired) electrons. The maximum absolute atomic E-state index is 11.4. The van der Waals surface area contributed by atoms with E-state index >= 15 is 0 Å². The highest BCUT2D eigenvalue weighted by Gasteiger charge is 2.11. The third-order valence-electron chi connectivity index (χ3n) is 2.20. The lowest BCUT2D eigenvalue weighted by atomic mass is 10.2. The van der Waals surface area contributed by atoms with Crippen LogP contribution in [0.1, 0.15) is 16.1 Å². The van der Waals surface area contributed by atoms with Crippen LogP contribution in [-0.2, 0) is 6.54 Å². The number of carboxylic acid groups (broad SMARTS) is 1. The fourth-order valence-corrected chi connectivity index (χ4v) is 1.43. The first kappa shape index (κ1) is 11.0. The Bertz CT molecular complexity index is 607. The van der Waals surface area contributed by atoms with Gasteiger partial charge >= 0.3 is 5.97 Å². The number of pyridine rings is 1. The topological polar surface area (TPSA) is 85.1 Å². The van der Waals surface area contributed by atoms with Crippen molar-refractivity contribution in [3.63, 3.8) is 0 Å². The molecule has 0 unspecified atom stereocenters. The van der Waals surface area contributed by atoms with Crippen molar-refractivity contribution in [2.24, 2.45) is 0 Å². The summed E-state index contributed by atoms with van der Waals surface area (Å²) in [5.41, 5.74) is 0.0959. The molecule has 0 aliphatic heterocycles. The van der Waals surface area contributed by atoms with Gasteiger partial charge in [-0.3, -0.25) is 4.79 Å². The van der Waals surface area contributed by atoms with Crippen molar-refractivity contribution in [1.82, 2.24) is 14.8 Å². The van der Waals surface area contributed by atoms with E-state index in [1.165, 1.54) is 29.2 Å². The predicted molar refractivity (Wildman–Crippen MR) is 58.8 cm³/mol. The summed E-state index contributed by atoms with van der Waals surface area (Å²) in [4.78, 5) is 26.1. The fraction of sp³-hybridized carbons (Fsp3) is 0.0909. The average molecular weight is 231 g/mol. The van der Waals surface area contributed by atoms with Crippen LogP contribution in [0.25, 0.3) is 0 Å². The van der Waals surface area contributed by atoms with Crippen molar-refractivity contribution in [2.75, 3.05) is 0 Å². The number of carboxylic acids is 1. The summed E-state index contributed by atoms with van der Waals surface area (Å²) in [6, 6.07) is 6.12. The normalized spacial score (nSPS) is 10.1. The van der Waals surface area contributed by atoms with Crippen LogP contribution >= 0.6 is 0 Å². The van der Waals surface area contributed by atoms with E-state index in [9.17, 15) is 9.59 Å². The molecule has 1 N–H and O–H groups in total. The Balaban J connectivity index is 2.40. The lowest BCUT2D eigenvalue weighted by Crippen LogP contribution is -2.23. The third kappa shape index (κ3) is 2.36. The van der Waals surface area contributed by atoms with Gasteiger partial charge in [0.25, 0.3) is 5.56 Å². The summed E-state index contributed by atoms with van der Waals surface area (Å²) < 4.78 is 1.18. The Morgan fingerprint density at radius 2 is 2.06 bits per heavy atom. The number of hydrogen-bond donors (Lipinski definition) is 1. The molecule has 0 atom stereocenters. The average Bonchev–Trinajstić information content (AvgIpc) is 2.32. The van der Waals surface area contributed by atoms with Crippen LogP contribution in [-0.4, -0.2) is 25.8 Å². The van der Waals surface area contributed by atoms with E-state index < -0.39 is 5.97 Å². The zero-order valence-electron chi connectivity index (χ0n) is 8.78. The predicted octanol–water partition coefficient (Wildman–Crippen LogP) is 0.385. The van der Waals surface area contributed by atoms with Crippen molar-refractivity contribution >= 4 is 5.97 Å². The maximum Gasteiger partial charge on any atom is 0.354 e. The Kier molecular flexibility index (Phi) is 2.95. The highest BCUT2D eigenvalue weighted by molar-refractivity contribution is 5.86. The Labute approximate surface area is 96.2 Å². The van der Waals surface area contributed by atoms with Crippen molar-refractivity contribution in [3.8, 4) is 0 Å². The van der Waals surface area contributed by atoms with Crippen LogP contribution in [0.5, 0.6) is 0 Å². The minimum atomic E-state index is -1.12. The van der Waals surface area contributed by atoms with E-state index in [0.29, 0.717) is 5.56 Å². The van der Waals surface area contributed by atoms with Gasteiger partial charge in [-0.05, 0) is 12.1 Å². The van der Waals surface area contributed by atoms with Gasteiger partial charge in [-0.25, -0.2) is 14.5 Å². The van der Waals surface area contributed by atoms with Crippen molar-refractivity contribution in [1.29, 1.82) is 0 Å². The molecule has 0 fully saturated rings. The molecular weight excluding hydrogens is 222 g/mol. The smallest absolute Gasteiger partial charge is 0.354 e. The number of aromatic carboxylic acids is 1. The van der Waals surface area contributed by atoms with Gasteiger partial charge in [0, 0.05) is 24.0 Å². The molecule has 0 bridgehead atoms. The zero-order chi connectivity index (χ0) is 12.3. The molecule has 6 nitrogen and oxygen atoms in total. The largest absolute Gasteiger partial charge is 0.477 e. The van der Waals surface area contributed by atoms with Crippen LogP contribution in [0, 0.1) is 0 Å².